The van der Waals surface area contributed by atoms with Crippen LogP contribution < -0.4 is 11.1 Å². The van der Waals surface area contributed by atoms with Gasteiger partial charge in [0.1, 0.15) is 0 Å². The van der Waals surface area contributed by atoms with E-state index in [1.165, 1.54) is 12.7 Å². The average Bonchev–Trinajstić information content (AvgIpc) is 2.45. The fourth-order valence-electron chi connectivity index (χ4n) is 2.02. The maximum atomic E-state index is 11.8. The molecule has 0 aromatic heterocycles. The second-order valence-electron chi connectivity index (χ2n) is 6.50. The van der Waals surface area contributed by atoms with E-state index < -0.39 is 12.1 Å². The minimum absolute atomic E-state index is 0.0470. The predicted octanol–water partition coefficient (Wildman–Crippen LogP) is 2.05. The lowest BCUT2D eigenvalue weighted by atomic mass is 9.86. The van der Waals surface area contributed by atoms with Crippen LogP contribution in [0.15, 0.2) is 24.3 Å². The van der Waals surface area contributed by atoms with Crippen LogP contribution in [0.25, 0.3) is 0 Å². The average molecular weight is 306 g/mol. The van der Waals surface area contributed by atoms with Gasteiger partial charge in [0.05, 0.1) is 25.6 Å². The molecule has 5 heteroatoms. The highest BCUT2D eigenvalue weighted by Gasteiger charge is 2.21. The third-order valence-electron chi connectivity index (χ3n) is 3.51. The van der Waals surface area contributed by atoms with Crippen molar-refractivity contribution in [2.75, 3.05) is 7.11 Å². The number of benzene rings is 1. The van der Waals surface area contributed by atoms with Crippen LogP contribution in [-0.2, 0) is 19.7 Å². The maximum absolute atomic E-state index is 11.8. The Morgan fingerprint density at radius 1 is 1.23 bits per heavy atom. The molecule has 0 fully saturated rings. The summed E-state index contributed by atoms with van der Waals surface area (Å²) in [7, 11) is 1.33. The molecule has 1 aromatic rings. The van der Waals surface area contributed by atoms with Gasteiger partial charge < -0.3 is 15.8 Å². The van der Waals surface area contributed by atoms with Gasteiger partial charge in [-0.3, -0.25) is 9.59 Å². The molecule has 0 bridgehead atoms. The van der Waals surface area contributed by atoms with Crippen LogP contribution in [0.2, 0.25) is 0 Å². The molecule has 0 spiro atoms. The summed E-state index contributed by atoms with van der Waals surface area (Å²) in [5, 5.41) is 2.79. The van der Waals surface area contributed by atoms with E-state index in [1.54, 1.807) is 6.92 Å². The molecule has 3 N–H and O–H groups in total. The third kappa shape index (κ3) is 5.15. The molecule has 22 heavy (non-hydrogen) atoms. The predicted molar refractivity (Wildman–Crippen MR) is 86.3 cm³/mol. The Morgan fingerprint density at radius 2 is 1.77 bits per heavy atom. The van der Waals surface area contributed by atoms with Crippen molar-refractivity contribution in [2.45, 2.75) is 51.6 Å². The van der Waals surface area contributed by atoms with Crippen molar-refractivity contribution < 1.29 is 14.3 Å². The molecule has 2 atom stereocenters. The SMILES string of the molecule is COC(=O)CC(NC(=O)[C@@H](C)N)c1ccc(C(C)(C)C)cc1. The summed E-state index contributed by atoms with van der Waals surface area (Å²) in [5.74, 6) is -0.677. The number of hydrogen-bond donors (Lipinski definition) is 2. The summed E-state index contributed by atoms with van der Waals surface area (Å²) < 4.78 is 4.70. The minimum Gasteiger partial charge on any atom is -0.469 e. The zero-order valence-electron chi connectivity index (χ0n) is 14.0. The summed E-state index contributed by atoms with van der Waals surface area (Å²) in [4.78, 5) is 23.4. The number of nitrogens with two attached hydrogens (primary N) is 1. The van der Waals surface area contributed by atoms with Gasteiger partial charge in [-0.25, -0.2) is 0 Å². The zero-order chi connectivity index (χ0) is 16.9. The molecule has 0 saturated carbocycles. The second-order valence-corrected chi connectivity index (χ2v) is 6.50. The maximum Gasteiger partial charge on any atom is 0.307 e. The van der Waals surface area contributed by atoms with E-state index in [9.17, 15) is 9.59 Å². The van der Waals surface area contributed by atoms with E-state index in [2.05, 4.69) is 26.1 Å². The van der Waals surface area contributed by atoms with Crippen LogP contribution in [0.4, 0.5) is 0 Å². The van der Waals surface area contributed by atoms with E-state index in [-0.39, 0.29) is 23.7 Å². The molecular weight excluding hydrogens is 280 g/mol. The number of rotatable bonds is 5. The first-order valence-corrected chi connectivity index (χ1v) is 7.38. The van der Waals surface area contributed by atoms with Gasteiger partial charge in [0.2, 0.25) is 5.91 Å². The van der Waals surface area contributed by atoms with Crippen LogP contribution in [0.3, 0.4) is 0 Å². The number of hydrogen-bond acceptors (Lipinski definition) is 4. The first-order chi connectivity index (χ1) is 10.1. The van der Waals surface area contributed by atoms with Gasteiger partial charge in [0.25, 0.3) is 0 Å². The Balaban J connectivity index is 2.99. The van der Waals surface area contributed by atoms with Gasteiger partial charge in [0, 0.05) is 0 Å². The normalized spacial score (nSPS) is 14.1. The summed E-state index contributed by atoms with van der Waals surface area (Å²) >= 11 is 0. The van der Waals surface area contributed by atoms with Gasteiger partial charge in [0.15, 0.2) is 0 Å². The van der Waals surface area contributed by atoms with E-state index in [0.717, 1.165) is 5.56 Å². The number of methoxy groups -OCH3 is 1. The minimum atomic E-state index is -0.631. The molecule has 1 unspecified atom stereocenters. The van der Waals surface area contributed by atoms with E-state index in [0.29, 0.717) is 0 Å². The highest BCUT2D eigenvalue weighted by molar-refractivity contribution is 5.82. The van der Waals surface area contributed by atoms with Gasteiger partial charge in [-0.15, -0.1) is 0 Å². The van der Waals surface area contributed by atoms with Gasteiger partial charge >= 0.3 is 5.97 Å². The highest BCUT2D eigenvalue weighted by Crippen LogP contribution is 2.25. The van der Waals surface area contributed by atoms with Gasteiger partial charge in [-0.2, -0.15) is 0 Å². The summed E-state index contributed by atoms with van der Waals surface area (Å²) in [6, 6.07) is 6.80. The standard InChI is InChI=1S/C17H26N2O3/c1-11(18)16(21)19-14(10-15(20)22-5)12-6-8-13(9-7-12)17(2,3)4/h6-9,11,14H,10,18H2,1-5H3,(H,19,21)/t11-,14?/m1/s1. The van der Waals surface area contributed by atoms with E-state index >= 15 is 0 Å². The Morgan fingerprint density at radius 3 is 2.18 bits per heavy atom. The van der Waals surface area contributed by atoms with E-state index in [1.807, 2.05) is 24.3 Å². The Bertz CT molecular complexity index is 516. The lowest BCUT2D eigenvalue weighted by molar-refractivity contribution is -0.141. The van der Waals surface area contributed by atoms with Gasteiger partial charge in [-0.05, 0) is 23.5 Å². The first kappa shape index (κ1) is 18.2. The molecule has 0 aliphatic heterocycles. The molecule has 1 amide bonds. The smallest absolute Gasteiger partial charge is 0.307 e. The quantitative estimate of drug-likeness (QED) is 0.816. The largest absolute Gasteiger partial charge is 0.469 e. The van der Waals surface area contributed by atoms with Crippen LogP contribution in [0.1, 0.15) is 51.3 Å². The van der Waals surface area contributed by atoms with Crippen molar-refractivity contribution in [3.05, 3.63) is 35.4 Å². The monoisotopic (exact) mass is 306 g/mol. The zero-order valence-corrected chi connectivity index (χ0v) is 14.0. The molecule has 0 radical (unpaired) electrons. The van der Waals surface area contributed by atoms with Crippen molar-refractivity contribution in [3.63, 3.8) is 0 Å². The third-order valence-corrected chi connectivity index (χ3v) is 3.51. The molecule has 1 rings (SSSR count). The first-order valence-electron chi connectivity index (χ1n) is 7.38. The molecule has 0 aliphatic rings. The Hall–Kier alpha value is -1.88. The number of esters is 1. The fourth-order valence-corrected chi connectivity index (χ4v) is 2.02. The molecular formula is C17H26N2O3. The van der Waals surface area contributed by atoms with Crippen LogP contribution in [-0.4, -0.2) is 25.0 Å². The van der Waals surface area contributed by atoms with Gasteiger partial charge in [-0.1, -0.05) is 45.0 Å². The molecule has 122 valence electrons. The van der Waals surface area contributed by atoms with E-state index in [4.69, 9.17) is 10.5 Å². The summed E-state index contributed by atoms with van der Waals surface area (Å²) in [6.07, 6.45) is 0.0732. The number of carbonyl (C=O) groups excluding carboxylic acids is 2. The topological polar surface area (TPSA) is 81.4 Å². The molecule has 1 aromatic carbocycles. The van der Waals surface area contributed by atoms with Crippen LogP contribution in [0.5, 0.6) is 0 Å². The van der Waals surface area contributed by atoms with Crippen molar-refractivity contribution >= 4 is 11.9 Å². The number of carbonyl (C=O) groups is 2. The van der Waals surface area contributed by atoms with Crippen molar-refractivity contribution in [1.29, 1.82) is 0 Å². The Labute approximate surface area is 132 Å². The summed E-state index contributed by atoms with van der Waals surface area (Å²) in [5.41, 5.74) is 7.67. The lowest BCUT2D eigenvalue weighted by Crippen LogP contribution is -2.41. The molecule has 0 aliphatic carbocycles. The highest BCUT2D eigenvalue weighted by atomic mass is 16.5. The van der Waals surface area contributed by atoms with Crippen LogP contribution >= 0.6 is 0 Å². The Kier molecular flexibility index (Phi) is 6.11. The molecule has 5 nitrogen and oxygen atoms in total. The van der Waals surface area contributed by atoms with Crippen molar-refractivity contribution in [2.24, 2.45) is 5.73 Å². The summed E-state index contributed by atoms with van der Waals surface area (Å²) in [6.45, 7) is 8.00. The second kappa shape index (κ2) is 7.40. The fraction of sp³-hybridized carbons (Fsp3) is 0.529. The molecule has 0 heterocycles. The number of amides is 1. The van der Waals surface area contributed by atoms with Crippen molar-refractivity contribution in [3.8, 4) is 0 Å². The molecule has 0 saturated heterocycles. The van der Waals surface area contributed by atoms with Crippen molar-refractivity contribution in [1.82, 2.24) is 5.32 Å². The number of nitrogens with one attached hydrogen (secondary N) is 1. The van der Waals surface area contributed by atoms with Crippen LogP contribution in [0, 0.1) is 0 Å². The number of ether oxygens (including phenoxy) is 1. The lowest BCUT2D eigenvalue weighted by Gasteiger charge is -2.22.